The van der Waals surface area contributed by atoms with Crippen LogP contribution in [0.1, 0.15) is 23.7 Å². The normalized spacial score (nSPS) is 29.4. The van der Waals surface area contributed by atoms with Crippen LogP contribution in [0.4, 0.5) is 0 Å². The fourth-order valence-corrected chi connectivity index (χ4v) is 3.42. The Hall–Kier alpha value is -1.55. The first kappa shape index (κ1) is 12.5. The number of hydrogen-bond donors (Lipinski definition) is 1. The van der Waals surface area contributed by atoms with Crippen molar-refractivity contribution in [3.8, 4) is 5.75 Å². The van der Waals surface area contributed by atoms with E-state index in [1.165, 1.54) is 0 Å². The Morgan fingerprint density at radius 1 is 1.42 bits per heavy atom. The number of hydrogen-bond acceptors (Lipinski definition) is 3. The number of carbonyl (C=O) groups excluding carboxylic acids is 1. The summed E-state index contributed by atoms with van der Waals surface area (Å²) in [7, 11) is 1.62. The van der Waals surface area contributed by atoms with E-state index in [4.69, 9.17) is 4.74 Å². The van der Waals surface area contributed by atoms with Crippen molar-refractivity contribution in [2.45, 2.75) is 25.4 Å². The lowest BCUT2D eigenvalue weighted by molar-refractivity contribution is 0.0682. The summed E-state index contributed by atoms with van der Waals surface area (Å²) in [4.78, 5) is 14.8. The second-order valence-corrected chi connectivity index (χ2v) is 5.51. The molecule has 2 saturated heterocycles. The van der Waals surface area contributed by atoms with Gasteiger partial charge in [0, 0.05) is 30.7 Å². The molecule has 2 heterocycles. The van der Waals surface area contributed by atoms with Crippen LogP contribution in [0.2, 0.25) is 0 Å². The minimum atomic E-state index is 0.127. The largest absolute Gasteiger partial charge is 0.497 e. The second kappa shape index (κ2) is 4.85. The van der Waals surface area contributed by atoms with Crippen molar-refractivity contribution in [3.05, 3.63) is 29.8 Å². The van der Waals surface area contributed by atoms with Gasteiger partial charge in [-0.15, -0.1) is 0 Å². The third kappa shape index (κ3) is 2.10. The van der Waals surface area contributed by atoms with E-state index in [1.807, 2.05) is 24.3 Å². The number of amides is 1. The van der Waals surface area contributed by atoms with Gasteiger partial charge >= 0.3 is 0 Å². The highest BCUT2D eigenvalue weighted by Gasteiger charge is 2.44. The summed E-state index contributed by atoms with van der Waals surface area (Å²) >= 11 is 0. The molecular formula is C15H20N2O2. The molecule has 4 heteroatoms. The highest BCUT2D eigenvalue weighted by atomic mass is 16.5. The Bertz CT molecular complexity index is 489. The molecule has 0 spiro atoms. The van der Waals surface area contributed by atoms with Crippen LogP contribution in [0.25, 0.3) is 0 Å². The van der Waals surface area contributed by atoms with Crippen molar-refractivity contribution in [2.24, 2.45) is 5.92 Å². The SMILES string of the molecule is COc1cccc(C(=O)N2C(C)CC3CNCC32)c1. The van der Waals surface area contributed by atoms with E-state index in [-0.39, 0.29) is 5.91 Å². The van der Waals surface area contributed by atoms with Gasteiger partial charge in [-0.25, -0.2) is 0 Å². The van der Waals surface area contributed by atoms with Crippen LogP contribution in [0.15, 0.2) is 24.3 Å². The number of fused-ring (bicyclic) bond motifs is 1. The van der Waals surface area contributed by atoms with Crippen LogP contribution in [0.3, 0.4) is 0 Å². The average molecular weight is 260 g/mol. The minimum absolute atomic E-state index is 0.127. The molecule has 1 amide bonds. The lowest BCUT2D eigenvalue weighted by Gasteiger charge is -2.27. The number of carbonyl (C=O) groups is 1. The minimum Gasteiger partial charge on any atom is -0.497 e. The van der Waals surface area contributed by atoms with Crippen molar-refractivity contribution in [2.75, 3.05) is 20.2 Å². The summed E-state index contributed by atoms with van der Waals surface area (Å²) in [5, 5.41) is 3.39. The van der Waals surface area contributed by atoms with Gasteiger partial charge in [-0.2, -0.15) is 0 Å². The Kier molecular flexibility index (Phi) is 3.19. The van der Waals surface area contributed by atoms with Gasteiger partial charge in [0.05, 0.1) is 7.11 Å². The van der Waals surface area contributed by atoms with E-state index in [2.05, 4.69) is 17.1 Å². The van der Waals surface area contributed by atoms with Crippen LogP contribution >= 0.6 is 0 Å². The van der Waals surface area contributed by atoms with Gasteiger partial charge in [0.25, 0.3) is 5.91 Å². The molecule has 0 radical (unpaired) electrons. The fraction of sp³-hybridized carbons (Fsp3) is 0.533. The van der Waals surface area contributed by atoms with Crippen LogP contribution < -0.4 is 10.1 Å². The van der Waals surface area contributed by atoms with Crippen LogP contribution in [0, 0.1) is 5.92 Å². The first-order chi connectivity index (χ1) is 9.20. The second-order valence-electron chi connectivity index (χ2n) is 5.51. The fourth-order valence-electron chi connectivity index (χ4n) is 3.42. The molecule has 0 bridgehead atoms. The van der Waals surface area contributed by atoms with E-state index in [9.17, 15) is 4.79 Å². The third-order valence-corrected chi connectivity index (χ3v) is 4.33. The van der Waals surface area contributed by atoms with Crippen molar-refractivity contribution in [1.82, 2.24) is 10.2 Å². The molecule has 3 unspecified atom stereocenters. The highest BCUT2D eigenvalue weighted by molar-refractivity contribution is 5.95. The maximum Gasteiger partial charge on any atom is 0.254 e. The molecule has 0 aromatic heterocycles. The number of ether oxygens (including phenoxy) is 1. The summed E-state index contributed by atoms with van der Waals surface area (Å²) < 4.78 is 5.20. The van der Waals surface area contributed by atoms with Crippen LogP contribution in [0.5, 0.6) is 5.75 Å². The van der Waals surface area contributed by atoms with Gasteiger partial charge in [-0.05, 0) is 37.5 Å². The molecule has 2 fully saturated rings. The molecule has 0 aliphatic carbocycles. The van der Waals surface area contributed by atoms with Gasteiger partial charge in [-0.3, -0.25) is 4.79 Å². The zero-order valence-corrected chi connectivity index (χ0v) is 11.4. The Morgan fingerprint density at radius 3 is 3.05 bits per heavy atom. The number of rotatable bonds is 2. The monoisotopic (exact) mass is 260 g/mol. The van der Waals surface area contributed by atoms with Gasteiger partial charge in [0.15, 0.2) is 0 Å². The van der Waals surface area contributed by atoms with Gasteiger partial charge in [-0.1, -0.05) is 6.07 Å². The first-order valence-electron chi connectivity index (χ1n) is 6.88. The predicted molar refractivity (Wildman–Crippen MR) is 73.4 cm³/mol. The Labute approximate surface area is 113 Å². The standard InChI is InChI=1S/C15H20N2O2/c1-10-6-12-8-16-9-14(12)17(10)15(18)11-4-3-5-13(7-11)19-2/h3-5,7,10,12,14,16H,6,8-9H2,1-2H3. The van der Waals surface area contributed by atoms with Gasteiger partial charge in [0.2, 0.25) is 0 Å². The first-order valence-corrected chi connectivity index (χ1v) is 6.88. The average Bonchev–Trinajstić information content (AvgIpc) is 2.98. The van der Waals surface area contributed by atoms with Crippen LogP contribution in [-0.2, 0) is 0 Å². The number of nitrogens with one attached hydrogen (secondary N) is 1. The number of methoxy groups -OCH3 is 1. The third-order valence-electron chi connectivity index (χ3n) is 4.33. The Balaban J connectivity index is 1.86. The van der Waals surface area contributed by atoms with E-state index >= 15 is 0 Å². The van der Waals surface area contributed by atoms with Crippen LogP contribution in [-0.4, -0.2) is 43.1 Å². The zero-order chi connectivity index (χ0) is 13.4. The molecule has 0 saturated carbocycles. The van der Waals surface area contributed by atoms with Crippen molar-refractivity contribution in [1.29, 1.82) is 0 Å². The van der Waals surface area contributed by atoms with Gasteiger partial charge < -0.3 is 15.0 Å². The quantitative estimate of drug-likeness (QED) is 0.876. The molecule has 102 valence electrons. The molecule has 3 atom stereocenters. The number of benzene rings is 1. The summed E-state index contributed by atoms with van der Waals surface area (Å²) in [5.74, 6) is 1.48. The molecular weight excluding hydrogens is 240 g/mol. The molecule has 3 rings (SSSR count). The molecule has 2 aliphatic heterocycles. The summed E-state index contributed by atoms with van der Waals surface area (Å²) in [6, 6.07) is 8.11. The summed E-state index contributed by atoms with van der Waals surface area (Å²) in [6.07, 6.45) is 1.10. The van der Waals surface area contributed by atoms with Crippen molar-refractivity contribution < 1.29 is 9.53 Å². The lowest BCUT2D eigenvalue weighted by atomic mass is 10.0. The molecule has 2 aliphatic rings. The maximum atomic E-state index is 12.7. The number of likely N-dealkylation sites (tertiary alicyclic amines) is 1. The topological polar surface area (TPSA) is 41.6 Å². The maximum absolute atomic E-state index is 12.7. The predicted octanol–water partition coefficient (Wildman–Crippen LogP) is 1.52. The van der Waals surface area contributed by atoms with E-state index in [0.717, 1.165) is 30.8 Å². The molecule has 19 heavy (non-hydrogen) atoms. The molecule has 1 aromatic carbocycles. The number of nitrogens with zero attached hydrogens (tertiary/aromatic N) is 1. The lowest BCUT2D eigenvalue weighted by Crippen LogP contribution is -2.42. The van der Waals surface area contributed by atoms with E-state index in [1.54, 1.807) is 7.11 Å². The van der Waals surface area contributed by atoms with Crippen molar-refractivity contribution >= 4 is 5.91 Å². The Morgan fingerprint density at radius 2 is 2.26 bits per heavy atom. The van der Waals surface area contributed by atoms with Gasteiger partial charge in [0.1, 0.15) is 5.75 Å². The molecule has 1 N–H and O–H groups in total. The molecule has 4 nitrogen and oxygen atoms in total. The smallest absolute Gasteiger partial charge is 0.254 e. The summed E-state index contributed by atoms with van der Waals surface area (Å²) in [5.41, 5.74) is 0.721. The van der Waals surface area contributed by atoms with E-state index < -0.39 is 0 Å². The summed E-state index contributed by atoms with van der Waals surface area (Å²) in [6.45, 7) is 4.11. The zero-order valence-electron chi connectivity index (χ0n) is 11.4. The molecule has 1 aromatic rings. The van der Waals surface area contributed by atoms with E-state index in [0.29, 0.717) is 18.0 Å². The van der Waals surface area contributed by atoms with Crippen molar-refractivity contribution in [3.63, 3.8) is 0 Å². The highest BCUT2D eigenvalue weighted by Crippen LogP contribution is 2.33.